The van der Waals surface area contributed by atoms with Gasteiger partial charge in [0.15, 0.2) is 5.69 Å². The van der Waals surface area contributed by atoms with E-state index >= 15 is 0 Å². The van der Waals surface area contributed by atoms with Crippen LogP contribution in [0.15, 0.2) is 243 Å². The van der Waals surface area contributed by atoms with Crippen LogP contribution in [0.4, 0.5) is 39.8 Å². The van der Waals surface area contributed by atoms with Crippen LogP contribution in [0.2, 0.25) is 0 Å². The molecule has 0 heterocycles. The van der Waals surface area contributed by atoms with Crippen LogP contribution in [-0.4, -0.2) is 0 Å². The molecule has 4 heteroatoms. The number of nitriles is 1. The lowest BCUT2D eigenvalue weighted by atomic mass is 9.65. The molecule has 0 unspecified atom stereocenters. The normalized spacial score (nSPS) is 12.3. The van der Waals surface area contributed by atoms with Crippen LogP contribution in [-0.2, 0) is 5.41 Å². The highest BCUT2D eigenvalue weighted by molar-refractivity contribution is 6.21. The lowest BCUT2D eigenvalue weighted by molar-refractivity contribution is 0.783. The van der Waals surface area contributed by atoms with Crippen molar-refractivity contribution in [2.75, 3.05) is 9.80 Å². The molecular weight excluding hydrogens is 813 g/mol. The molecule has 0 bridgehead atoms. The van der Waals surface area contributed by atoms with Crippen LogP contribution in [0.25, 0.3) is 48.3 Å². The van der Waals surface area contributed by atoms with Crippen molar-refractivity contribution in [1.29, 1.82) is 5.26 Å². The maximum absolute atomic E-state index is 9.98. The van der Waals surface area contributed by atoms with Crippen LogP contribution in [0, 0.1) is 17.9 Å². The highest BCUT2D eigenvalue weighted by atomic mass is 15.1. The van der Waals surface area contributed by atoms with Gasteiger partial charge >= 0.3 is 0 Å². The van der Waals surface area contributed by atoms with Gasteiger partial charge < -0.3 is 9.80 Å². The number of hydrogen-bond acceptors (Lipinski definition) is 3. The molecule has 11 aromatic carbocycles. The summed E-state index contributed by atoms with van der Waals surface area (Å²) < 4.78 is 0. The fourth-order valence-electron chi connectivity index (χ4n) is 10.8. The predicted octanol–water partition coefficient (Wildman–Crippen LogP) is 16.9. The van der Waals surface area contributed by atoms with E-state index in [9.17, 15) is 5.26 Å². The summed E-state index contributed by atoms with van der Waals surface area (Å²) in [6.45, 7) is 7.81. The minimum atomic E-state index is -0.721. The van der Waals surface area contributed by atoms with E-state index in [1.54, 1.807) is 0 Å². The first-order valence-corrected chi connectivity index (χ1v) is 22.5. The molecule has 0 aliphatic heterocycles. The van der Waals surface area contributed by atoms with Crippen molar-refractivity contribution in [1.82, 2.24) is 0 Å². The number of anilines is 6. The van der Waals surface area contributed by atoms with Gasteiger partial charge in [0.25, 0.3) is 0 Å². The van der Waals surface area contributed by atoms with Gasteiger partial charge in [-0.15, -0.1) is 0 Å². The summed E-state index contributed by atoms with van der Waals surface area (Å²) in [5.41, 5.74) is 13.7. The quantitative estimate of drug-likeness (QED) is 0.113. The zero-order chi connectivity index (χ0) is 44.9. The van der Waals surface area contributed by atoms with Crippen molar-refractivity contribution < 1.29 is 0 Å². The molecule has 12 rings (SSSR count). The summed E-state index contributed by atoms with van der Waals surface area (Å²) in [4.78, 5) is 8.28. The first-order valence-electron chi connectivity index (χ1n) is 22.5. The fourth-order valence-corrected chi connectivity index (χ4v) is 10.8. The number of rotatable bonds is 8. The zero-order valence-electron chi connectivity index (χ0n) is 36.4. The van der Waals surface area contributed by atoms with E-state index in [4.69, 9.17) is 6.57 Å². The second-order valence-electron chi connectivity index (χ2n) is 17.0. The Kier molecular flexibility index (Phi) is 9.46. The molecule has 0 saturated heterocycles. The first kappa shape index (κ1) is 39.4. The average Bonchev–Trinajstić information content (AvgIpc) is 3.73. The Bertz CT molecular complexity index is 3740. The van der Waals surface area contributed by atoms with Gasteiger partial charge in [0, 0.05) is 34.1 Å². The van der Waals surface area contributed by atoms with E-state index in [-0.39, 0.29) is 0 Å². The van der Waals surface area contributed by atoms with Crippen LogP contribution >= 0.6 is 0 Å². The number of nitrogens with zero attached hydrogens (tertiary/aromatic N) is 4. The Hall–Kier alpha value is -9.22. The standard InChI is InChI=1S/C63H40N4/c1-65-47-23-17-29-51(40-47)67(49-26-12-5-13-27-49)52-33-36-54-44(39-52)32-35-58-60-56-31-15-14-30-55(56)59-41-53(66(48-24-10-4-11-25-48)50-28-16-18-43(38-50)42-64)34-37-57(59)62(60)63(61(54)58,45-19-6-2-7-20-45)46-21-8-3-9-22-46/h2-41H. The highest BCUT2D eigenvalue weighted by Crippen LogP contribution is 2.62. The molecule has 312 valence electrons. The molecule has 0 spiro atoms. The molecular formula is C63H40N4. The lowest BCUT2D eigenvalue weighted by Gasteiger charge is -2.36. The molecule has 0 saturated carbocycles. The van der Waals surface area contributed by atoms with Crippen molar-refractivity contribution in [3.05, 3.63) is 282 Å². The van der Waals surface area contributed by atoms with E-state index in [0.29, 0.717) is 11.3 Å². The van der Waals surface area contributed by atoms with Gasteiger partial charge in [-0.1, -0.05) is 164 Å². The number of hydrogen-bond donors (Lipinski definition) is 0. The number of benzene rings is 11. The Morgan fingerprint density at radius 2 is 0.910 bits per heavy atom. The van der Waals surface area contributed by atoms with Crippen molar-refractivity contribution >= 4 is 72.1 Å². The summed E-state index contributed by atoms with van der Waals surface area (Å²) >= 11 is 0. The second kappa shape index (κ2) is 16.1. The molecule has 0 amide bonds. The van der Waals surface area contributed by atoms with Crippen molar-refractivity contribution in [3.8, 4) is 17.2 Å². The molecule has 0 radical (unpaired) electrons. The third-order valence-electron chi connectivity index (χ3n) is 13.4. The van der Waals surface area contributed by atoms with Gasteiger partial charge in [-0.05, 0) is 145 Å². The van der Waals surface area contributed by atoms with Crippen LogP contribution < -0.4 is 9.80 Å². The van der Waals surface area contributed by atoms with Gasteiger partial charge in [0.05, 0.1) is 23.6 Å². The third kappa shape index (κ3) is 6.28. The smallest absolute Gasteiger partial charge is 0.189 e. The van der Waals surface area contributed by atoms with Gasteiger partial charge in [-0.3, -0.25) is 0 Å². The second-order valence-corrected chi connectivity index (χ2v) is 17.0. The Morgan fingerprint density at radius 3 is 1.54 bits per heavy atom. The molecule has 1 aliphatic carbocycles. The van der Waals surface area contributed by atoms with E-state index in [1.807, 2.05) is 48.5 Å². The van der Waals surface area contributed by atoms with Gasteiger partial charge in [-0.2, -0.15) is 5.26 Å². The monoisotopic (exact) mass is 852 g/mol. The highest BCUT2D eigenvalue weighted by Gasteiger charge is 2.49. The summed E-state index contributed by atoms with van der Waals surface area (Å²) in [6.07, 6.45) is 0. The average molecular weight is 853 g/mol. The minimum Gasteiger partial charge on any atom is -0.312 e. The molecule has 0 fully saturated rings. The van der Waals surface area contributed by atoms with Crippen molar-refractivity contribution in [3.63, 3.8) is 0 Å². The summed E-state index contributed by atoms with van der Waals surface area (Å²) in [7, 11) is 0. The SMILES string of the molecule is [C-]#[N+]c1cccc(N(c2ccccc2)c2ccc3c4c(ccc3c2)-c2c(c3ccc(N(c5ccccc5)c5cccc(C#N)c5)cc3c3ccccc23)C4(c2ccccc2)c2ccccc2)c1. The fraction of sp³-hybridized carbons (Fsp3) is 0.0159. The lowest BCUT2D eigenvalue weighted by Crippen LogP contribution is -2.29. The van der Waals surface area contributed by atoms with E-state index < -0.39 is 5.41 Å². The summed E-state index contributed by atoms with van der Waals surface area (Å²) in [5.74, 6) is 0. The number of fused-ring (bicyclic) bond motifs is 10. The molecule has 0 atom stereocenters. The zero-order valence-corrected chi connectivity index (χ0v) is 36.4. The third-order valence-corrected chi connectivity index (χ3v) is 13.4. The maximum Gasteiger partial charge on any atom is 0.189 e. The largest absolute Gasteiger partial charge is 0.312 e. The van der Waals surface area contributed by atoms with E-state index in [1.165, 1.54) is 54.9 Å². The topological polar surface area (TPSA) is 34.6 Å². The molecule has 11 aromatic rings. The molecule has 1 aliphatic rings. The molecule has 0 aromatic heterocycles. The molecule has 67 heavy (non-hydrogen) atoms. The van der Waals surface area contributed by atoms with Crippen LogP contribution in [0.5, 0.6) is 0 Å². The molecule has 4 nitrogen and oxygen atoms in total. The Labute approximate surface area is 389 Å². The Balaban J connectivity index is 1.17. The molecule has 0 N–H and O–H groups in total. The van der Waals surface area contributed by atoms with E-state index in [0.717, 1.165) is 44.9 Å². The first-order chi connectivity index (χ1) is 33.1. The minimum absolute atomic E-state index is 0.595. The van der Waals surface area contributed by atoms with Crippen LogP contribution in [0.1, 0.15) is 27.8 Å². The van der Waals surface area contributed by atoms with Gasteiger partial charge in [0.2, 0.25) is 0 Å². The van der Waals surface area contributed by atoms with Crippen LogP contribution in [0.3, 0.4) is 0 Å². The maximum atomic E-state index is 9.98. The predicted molar refractivity (Wildman–Crippen MR) is 277 cm³/mol. The van der Waals surface area contributed by atoms with Gasteiger partial charge in [-0.25, -0.2) is 4.85 Å². The van der Waals surface area contributed by atoms with Crippen molar-refractivity contribution in [2.24, 2.45) is 0 Å². The summed E-state index contributed by atoms with van der Waals surface area (Å²) in [6, 6.07) is 88.3. The number of para-hydroxylation sites is 2. The Morgan fingerprint density at radius 1 is 0.388 bits per heavy atom. The van der Waals surface area contributed by atoms with Gasteiger partial charge in [0.1, 0.15) is 0 Å². The van der Waals surface area contributed by atoms with E-state index in [2.05, 4.69) is 215 Å². The van der Waals surface area contributed by atoms with Crippen molar-refractivity contribution in [2.45, 2.75) is 5.41 Å². The summed E-state index contributed by atoms with van der Waals surface area (Å²) in [5, 5.41) is 17.0.